The molecule has 1 saturated carbocycles. The number of carbonyl (C=O) groups excluding carboxylic acids is 1. The number of para-hydroxylation sites is 1. The van der Waals surface area contributed by atoms with Crippen LogP contribution in [0.4, 0.5) is 0 Å². The van der Waals surface area contributed by atoms with Crippen LogP contribution in [0.15, 0.2) is 23.6 Å². The molecule has 0 spiro atoms. The highest BCUT2D eigenvalue weighted by atomic mass is 32.1. The molecule has 1 heterocycles. The van der Waals surface area contributed by atoms with Gasteiger partial charge in [0.05, 0.1) is 16.3 Å². The Bertz CT molecular complexity index is 720. The summed E-state index contributed by atoms with van der Waals surface area (Å²) in [7, 11) is 0. The molecule has 0 radical (unpaired) electrons. The third kappa shape index (κ3) is 4.40. The topological polar surface area (TPSA) is 51.2 Å². The fraction of sp³-hybridized carbons (Fsp3) is 0.500. The number of hydrogen-bond donors (Lipinski definition) is 1. The molecule has 2 aromatic rings. The van der Waals surface area contributed by atoms with E-state index in [4.69, 9.17) is 9.72 Å². The number of nitrogens with one attached hydrogen (secondary N) is 1. The van der Waals surface area contributed by atoms with E-state index in [9.17, 15) is 4.79 Å². The molecule has 3 rings (SSSR count). The van der Waals surface area contributed by atoms with E-state index in [1.54, 1.807) is 11.3 Å². The second-order valence-corrected chi connectivity index (χ2v) is 7.50. The van der Waals surface area contributed by atoms with Crippen LogP contribution in [0.5, 0.6) is 5.75 Å². The lowest BCUT2D eigenvalue weighted by atomic mass is 9.90. The summed E-state index contributed by atoms with van der Waals surface area (Å²) in [6.07, 6.45) is 6.50. The molecule has 1 aromatic heterocycles. The van der Waals surface area contributed by atoms with Crippen molar-refractivity contribution >= 4 is 17.2 Å². The van der Waals surface area contributed by atoms with Crippen LogP contribution in [0, 0.1) is 6.92 Å². The van der Waals surface area contributed by atoms with Crippen LogP contribution in [0.25, 0.3) is 0 Å². The Hall–Kier alpha value is -1.88. The highest BCUT2D eigenvalue weighted by Gasteiger charge is 2.19. The summed E-state index contributed by atoms with van der Waals surface area (Å²) in [6.45, 7) is 4.88. The lowest BCUT2D eigenvalue weighted by Gasteiger charge is -2.18. The fourth-order valence-corrected chi connectivity index (χ4v) is 4.33. The van der Waals surface area contributed by atoms with Crippen LogP contribution in [0.3, 0.4) is 0 Å². The summed E-state index contributed by atoms with van der Waals surface area (Å²) in [5.74, 6) is 1.18. The fourth-order valence-electron chi connectivity index (χ4n) is 3.35. The SMILES string of the molecule is CCNC(=O)c1cccc(C)c1OCc1csc(C2CCCCC2)n1. The number of aromatic nitrogens is 1. The maximum Gasteiger partial charge on any atom is 0.255 e. The Morgan fingerprint density at radius 2 is 2.12 bits per heavy atom. The van der Waals surface area contributed by atoms with Crippen molar-refractivity contribution in [2.75, 3.05) is 6.54 Å². The minimum atomic E-state index is -0.0950. The molecule has 5 heteroatoms. The van der Waals surface area contributed by atoms with Crippen molar-refractivity contribution in [1.82, 2.24) is 10.3 Å². The van der Waals surface area contributed by atoms with Crippen LogP contribution in [0.2, 0.25) is 0 Å². The lowest BCUT2D eigenvalue weighted by Crippen LogP contribution is -2.23. The first-order valence-corrected chi connectivity index (χ1v) is 10.0. The van der Waals surface area contributed by atoms with Crippen molar-refractivity contribution in [3.8, 4) is 5.75 Å². The average molecular weight is 359 g/mol. The Kier molecular flexibility index (Phi) is 6.08. The molecule has 1 aliphatic rings. The predicted molar refractivity (Wildman–Crippen MR) is 101 cm³/mol. The number of carbonyl (C=O) groups is 1. The Labute approximate surface area is 153 Å². The van der Waals surface area contributed by atoms with Gasteiger partial charge in [0.15, 0.2) is 0 Å². The highest BCUT2D eigenvalue weighted by molar-refractivity contribution is 7.09. The minimum absolute atomic E-state index is 0.0950. The Balaban J connectivity index is 1.69. The zero-order valence-corrected chi connectivity index (χ0v) is 15.8. The van der Waals surface area contributed by atoms with Gasteiger partial charge in [-0.2, -0.15) is 0 Å². The van der Waals surface area contributed by atoms with Gasteiger partial charge in [-0.1, -0.05) is 31.4 Å². The Morgan fingerprint density at radius 3 is 2.88 bits per heavy atom. The highest BCUT2D eigenvalue weighted by Crippen LogP contribution is 2.34. The van der Waals surface area contributed by atoms with E-state index in [-0.39, 0.29) is 5.91 Å². The molecule has 1 aromatic carbocycles. The average Bonchev–Trinajstić information content (AvgIpc) is 3.10. The number of ether oxygens (including phenoxy) is 1. The van der Waals surface area contributed by atoms with E-state index in [1.807, 2.05) is 32.0 Å². The van der Waals surface area contributed by atoms with E-state index in [0.717, 1.165) is 11.3 Å². The van der Waals surface area contributed by atoms with E-state index < -0.39 is 0 Å². The lowest BCUT2D eigenvalue weighted by molar-refractivity contribution is 0.0951. The second-order valence-electron chi connectivity index (χ2n) is 6.61. The van der Waals surface area contributed by atoms with Gasteiger partial charge < -0.3 is 10.1 Å². The largest absolute Gasteiger partial charge is 0.486 e. The van der Waals surface area contributed by atoms with Crippen molar-refractivity contribution in [2.24, 2.45) is 0 Å². The summed E-state index contributed by atoms with van der Waals surface area (Å²) in [4.78, 5) is 17.0. The van der Waals surface area contributed by atoms with Gasteiger partial charge in [0.1, 0.15) is 12.4 Å². The van der Waals surface area contributed by atoms with Gasteiger partial charge in [-0.15, -0.1) is 11.3 Å². The molecule has 4 nitrogen and oxygen atoms in total. The number of aryl methyl sites for hydroxylation is 1. The van der Waals surface area contributed by atoms with Crippen LogP contribution in [0.1, 0.15) is 71.6 Å². The number of hydrogen-bond acceptors (Lipinski definition) is 4. The van der Waals surface area contributed by atoms with Gasteiger partial charge in [-0.05, 0) is 38.3 Å². The molecular weight excluding hydrogens is 332 g/mol. The van der Waals surface area contributed by atoms with Gasteiger partial charge in [-0.3, -0.25) is 4.79 Å². The summed E-state index contributed by atoms with van der Waals surface area (Å²) in [5.41, 5.74) is 2.51. The van der Waals surface area contributed by atoms with Crippen molar-refractivity contribution in [1.29, 1.82) is 0 Å². The van der Waals surface area contributed by atoms with Crippen molar-refractivity contribution in [3.63, 3.8) is 0 Å². The molecule has 134 valence electrons. The molecule has 0 bridgehead atoms. The summed E-state index contributed by atoms with van der Waals surface area (Å²) in [5, 5.41) is 6.18. The first-order chi connectivity index (χ1) is 12.2. The smallest absolute Gasteiger partial charge is 0.255 e. The molecule has 1 N–H and O–H groups in total. The second kappa shape index (κ2) is 8.48. The maximum absolute atomic E-state index is 12.2. The van der Waals surface area contributed by atoms with Gasteiger partial charge in [0, 0.05) is 17.8 Å². The third-order valence-electron chi connectivity index (χ3n) is 4.68. The van der Waals surface area contributed by atoms with E-state index in [0.29, 0.717) is 30.4 Å². The maximum atomic E-state index is 12.2. The van der Waals surface area contributed by atoms with Gasteiger partial charge in [0.2, 0.25) is 0 Å². The molecular formula is C20H26N2O2S. The normalized spacial score (nSPS) is 15.1. The number of amides is 1. The van der Waals surface area contributed by atoms with Gasteiger partial charge in [0.25, 0.3) is 5.91 Å². The van der Waals surface area contributed by atoms with Crippen molar-refractivity contribution < 1.29 is 9.53 Å². The molecule has 0 unspecified atom stereocenters. The number of rotatable bonds is 6. The summed E-state index contributed by atoms with van der Waals surface area (Å²) >= 11 is 1.74. The van der Waals surface area contributed by atoms with E-state index >= 15 is 0 Å². The van der Waals surface area contributed by atoms with Crippen molar-refractivity contribution in [2.45, 2.75) is 58.5 Å². The molecule has 0 saturated heterocycles. The molecule has 1 fully saturated rings. The Morgan fingerprint density at radius 1 is 1.32 bits per heavy atom. The summed E-state index contributed by atoms with van der Waals surface area (Å²) < 4.78 is 6.01. The van der Waals surface area contributed by atoms with Crippen LogP contribution in [-0.4, -0.2) is 17.4 Å². The zero-order chi connectivity index (χ0) is 17.6. The van der Waals surface area contributed by atoms with E-state index in [2.05, 4.69) is 10.7 Å². The van der Waals surface area contributed by atoms with Gasteiger partial charge in [-0.25, -0.2) is 4.98 Å². The standard InChI is InChI=1S/C20H26N2O2S/c1-3-21-19(23)17-11-7-8-14(2)18(17)24-12-16-13-25-20(22-16)15-9-5-4-6-10-15/h7-8,11,13,15H,3-6,9-10,12H2,1-2H3,(H,21,23). The minimum Gasteiger partial charge on any atom is -0.486 e. The monoisotopic (exact) mass is 358 g/mol. The molecule has 25 heavy (non-hydrogen) atoms. The first-order valence-electron chi connectivity index (χ1n) is 9.14. The molecule has 0 aliphatic heterocycles. The number of benzene rings is 1. The van der Waals surface area contributed by atoms with Crippen LogP contribution < -0.4 is 10.1 Å². The summed E-state index contributed by atoms with van der Waals surface area (Å²) in [6, 6.07) is 5.66. The first kappa shape index (κ1) is 17.9. The molecule has 0 atom stereocenters. The van der Waals surface area contributed by atoms with Gasteiger partial charge >= 0.3 is 0 Å². The van der Waals surface area contributed by atoms with Crippen LogP contribution in [-0.2, 0) is 6.61 Å². The quantitative estimate of drug-likeness (QED) is 0.805. The zero-order valence-electron chi connectivity index (χ0n) is 15.0. The predicted octanol–water partition coefficient (Wildman–Crippen LogP) is 4.83. The third-order valence-corrected chi connectivity index (χ3v) is 5.74. The number of nitrogens with zero attached hydrogens (tertiary/aromatic N) is 1. The molecule has 1 aliphatic carbocycles. The molecule has 1 amide bonds. The van der Waals surface area contributed by atoms with E-state index in [1.165, 1.54) is 37.1 Å². The van der Waals surface area contributed by atoms with Crippen LogP contribution >= 0.6 is 11.3 Å². The van der Waals surface area contributed by atoms with Crippen molar-refractivity contribution in [3.05, 3.63) is 45.4 Å². The number of thiazole rings is 1.